The van der Waals surface area contributed by atoms with Crippen LogP contribution in [0.4, 0.5) is 18.9 Å². The van der Waals surface area contributed by atoms with E-state index in [0.717, 1.165) is 12.1 Å². The Bertz CT molecular complexity index is 868. The number of anilines is 1. The number of rotatable bonds is 7. The van der Waals surface area contributed by atoms with Gasteiger partial charge < -0.3 is 15.8 Å². The molecule has 0 fully saturated rings. The van der Waals surface area contributed by atoms with Gasteiger partial charge in [0.15, 0.2) is 15.8 Å². The van der Waals surface area contributed by atoms with Gasteiger partial charge in [0.1, 0.15) is 5.75 Å². The van der Waals surface area contributed by atoms with E-state index in [2.05, 4.69) is 15.0 Å². The Hall–Kier alpha value is -2.75. The summed E-state index contributed by atoms with van der Waals surface area (Å²) in [5.41, 5.74) is 6.10. The Kier molecular flexibility index (Phi) is 6.67. The summed E-state index contributed by atoms with van der Waals surface area (Å²) in [6.45, 7) is 0.181. The molecule has 2 aromatic carbocycles. The summed E-state index contributed by atoms with van der Waals surface area (Å²) in [6, 6.07) is 13.1. The van der Waals surface area contributed by atoms with Gasteiger partial charge in [-0.1, -0.05) is 18.2 Å². The van der Waals surface area contributed by atoms with Gasteiger partial charge in [0.25, 0.3) is 0 Å². The molecule has 2 rings (SSSR count). The molecule has 6 nitrogen and oxygen atoms in total. The zero-order valence-electron chi connectivity index (χ0n) is 14.1. The van der Waals surface area contributed by atoms with Gasteiger partial charge in [-0.3, -0.25) is 4.99 Å². The fourth-order valence-electron chi connectivity index (χ4n) is 2.13. The standard InChI is InChI=1S/C17H18F3N3O3S/c18-17(19,20)26-14-9-7-13(8-10-14)23-16(21)22-11-4-12-27(24,25)15-5-2-1-3-6-15/h1-3,5-10H,4,11-12H2,(H3,21,22,23). The van der Waals surface area contributed by atoms with Crippen LogP contribution in [0.2, 0.25) is 0 Å². The first-order valence-electron chi connectivity index (χ1n) is 7.86. The van der Waals surface area contributed by atoms with Crippen molar-refractivity contribution in [3.8, 4) is 5.75 Å². The van der Waals surface area contributed by atoms with E-state index in [-0.39, 0.29) is 35.3 Å². The van der Waals surface area contributed by atoms with Crippen molar-refractivity contribution in [1.29, 1.82) is 0 Å². The molecule has 0 saturated carbocycles. The van der Waals surface area contributed by atoms with E-state index in [1.54, 1.807) is 18.2 Å². The first kappa shape index (κ1) is 20.6. The van der Waals surface area contributed by atoms with Crippen LogP contribution in [0.3, 0.4) is 0 Å². The van der Waals surface area contributed by atoms with Crippen molar-refractivity contribution in [3.63, 3.8) is 0 Å². The molecule has 0 radical (unpaired) electrons. The highest BCUT2D eigenvalue weighted by Crippen LogP contribution is 2.23. The highest BCUT2D eigenvalue weighted by atomic mass is 32.2. The molecule has 146 valence electrons. The molecule has 0 aliphatic rings. The van der Waals surface area contributed by atoms with Gasteiger partial charge in [0.2, 0.25) is 0 Å². The van der Waals surface area contributed by atoms with Crippen LogP contribution < -0.4 is 15.8 Å². The number of nitrogens with two attached hydrogens (primary N) is 1. The summed E-state index contributed by atoms with van der Waals surface area (Å²) < 4.78 is 64.3. The van der Waals surface area contributed by atoms with Crippen molar-refractivity contribution in [1.82, 2.24) is 0 Å². The molecule has 0 spiro atoms. The molecule has 3 N–H and O–H groups in total. The highest BCUT2D eigenvalue weighted by Gasteiger charge is 2.30. The van der Waals surface area contributed by atoms with Gasteiger partial charge in [-0.2, -0.15) is 0 Å². The Morgan fingerprint density at radius 3 is 2.30 bits per heavy atom. The van der Waals surface area contributed by atoms with Crippen molar-refractivity contribution >= 4 is 21.5 Å². The highest BCUT2D eigenvalue weighted by molar-refractivity contribution is 7.91. The minimum absolute atomic E-state index is 0.0246. The molecule has 0 amide bonds. The number of aliphatic imine (C=N–C) groups is 1. The molecule has 10 heteroatoms. The second-order valence-electron chi connectivity index (χ2n) is 5.45. The van der Waals surface area contributed by atoms with Crippen LogP contribution in [-0.2, 0) is 9.84 Å². The summed E-state index contributed by atoms with van der Waals surface area (Å²) in [5.74, 6) is -0.400. The molecule has 2 aromatic rings. The van der Waals surface area contributed by atoms with E-state index >= 15 is 0 Å². The van der Waals surface area contributed by atoms with Crippen molar-refractivity contribution in [2.45, 2.75) is 17.7 Å². The second-order valence-corrected chi connectivity index (χ2v) is 7.56. The van der Waals surface area contributed by atoms with Gasteiger partial charge >= 0.3 is 6.36 Å². The maximum absolute atomic E-state index is 12.1. The van der Waals surface area contributed by atoms with Crippen molar-refractivity contribution in [2.75, 3.05) is 17.6 Å². The normalized spacial score (nSPS) is 12.6. The van der Waals surface area contributed by atoms with E-state index < -0.39 is 16.2 Å². The average Bonchev–Trinajstić information content (AvgIpc) is 2.60. The molecule has 0 bridgehead atoms. The van der Waals surface area contributed by atoms with E-state index in [4.69, 9.17) is 5.73 Å². The predicted molar refractivity (Wildman–Crippen MR) is 96.3 cm³/mol. The van der Waals surface area contributed by atoms with E-state index in [0.29, 0.717) is 5.69 Å². The van der Waals surface area contributed by atoms with Crippen LogP contribution >= 0.6 is 0 Å². The number of nitrogens with zero attached hydrogens (tertiary/aromatic N) is 1. The minimum Gasteiger partial charge on any atom is -0.406 e. The maximum Gasteiger partial charge on any atom is 0.573 e. The summed E-state index contributed by atoms with van der Waals surface area (Å²) in [5, 5.41) is 2.70. The predicted octanol–water partition coefficient (Wildman–Crippen LogP) is 3.18. The lowest BCUT2D eigenvalue weighted by Crippen LogP contribution is -2.23. The maximum atomic E-state index is 12.1. The smallest absolute Gasteiger partial charge is 0.406 e. The number of hydrogen-bond acceptors (Lipinski definition) is 4. The Morgan fingerprint density at radius 2 is 1.70 bits per heavy atom. The van der Waals surface area contributed by atoms with Crippen molar-refractivity contribution in [3.05, 3.63) is 54.6 Å². The zero-order valence-corrected chi connectivity index (χ0v) is 14.9. The third kappa shape index (κ3) is 7.18. The van der Waals surface area contributed by atoms with Crippen LogP contribution in [-0.4, -0.2) is 33.0 Å². The molecule has 0 aliphatic carbocycles. The van der Waals surface area contributed by atoms with Crippen LogP contribution in [0.5, 0.6) is 5.75 Å². The lowest BCUT2D eigenvalue weighted by Gasteiger charge is -2.10. The lowest BCUT2D eigenvalue weighted by molar-refractivity contribution is -0.274. The van der Waals surface area contributed by atoms with Crippen LogP contribution in [0.1, 0.15) is 6.42 Å². The summed E-state index contributed by atoms with van der Waals surface area (Å²) in [6.07, 6.45) is -4.48. The molecule has 0 aliphatic heterocycles. The number of benzene rings is 2. The minimum atomic E-state index is -4.75. The number of hydrogen-bond donors (Lipinski definition) is 2. The van der Waals surface area contributed by atoms with E-state index in [1.165, 1.54) is 24.3 Å². The van der Waals surface area contributed by atoms with E-state index in [9.17, 15) is 21.6 Å². The fourth-order valence-corrected chi connectivity index (χ4v) is 3.44. The molecule has 0 heterocycles. The number of alkyl halides is 3. The molecule has 0 unspecified atom stereocenters. The quantitative estimate of drug-likeness (QED) is 0.422. The Morgan fingerprint density at radius 1 is 1.07 bits per heavy atom. The van der Waals surface area contributed by atoms with Gasteiger partial charge in [-0.05, 0) is 42.8 Å². The number of halogens is 3. The van der Waals surface area contributed by atoms with Gasteiger partial charge in [0, 0.05) is 12.2 Å². The molecular formula is C17H18F3N3O3S. The molecule has 27 heavy (non-hydrogen) atoms. The summed E-state index contributed by atoms with van der Waals surface area (Å²) in [7, 11) is -3.37. The topological polar surface area (TPSA) is 93.8 Å². The first-order valence-corrected chi connectivity index (χ1v) is 9.51. The van der Waals surface area contributed by atoms with Crippen LogP contribution in [0.15, 0.2) is 64.5 Å². The van der Waals surface area contributed by atoms with Gasteiger partial charge in [-0.25, -0.2) is 8.42 Å². The monoisotopic (exact) mass is 401 g/mol. The number of guanidine groups is 1. The Labute approximate surface area is 154 Å². The second kappa shape index (κ2) is 8.76. The zero-order chi connectivity index (χ0) is 19.9. The molecular weight excluding hydrogens is 383 g/mol. The molecule has 0 atom stereocenters. The summed E-state index contributed by atoms with van der Waals surface area (Å²) in [4.78, 5) is 4.26. The lowest BCUT2D eigenvalue weighted by atomic mass is 10.3. The van der Waals surface area contributed by atoms with Gasteiger partial charge in [-0.15, -0.1) is 13.2 Å². The summed E-state index contributed by atoms with van der Waals surface area (Å²) >= 11 is 0. The first-order chi connectivity index (χ1) is 12.7. The van der Waals surface area contributed by atoms with Crippen molar-refractivity contribution < 1.29 is 26.3 Å². The number of nitrogens with one attached hydrogen (secondary N) is 1. The third-order valence-corrected chi connectivity index (χ3v) is 5.13. The fraction of sp³-hybridized carbons (Fsp3) is 0.235. The number of sulfone groups is 1. The third-order valence-electron chi connectivity index (χ3n) is 3.32. The Balaban J connectivity index is 1.82. The van der Waals surface area contributed by atoms with Gasteiger partial charge in [0.05, 0.1) is 10.6 Å². The average molecular weight is 401 g/mol. The van der Waals surface area contributed by atoms with E-state index in [1.807, 2.05) is 0 Å². The SMILES string of the molecule is NC(=NCCCS(=O)(=O)c1ccccc1)Nc1ccc(OC(F)(F)F)cc1. The number of ether oxygens (including phenoxy) is 1. The van der Waals surface area contributed by atoms with Crippen molar-refractivity contribution in [2.24, 2.45) is 10.7 Å². The van der Waals surface area contributed by atoms with Crippen LogP contribution in [0, 0.1) is 0 Å². The molecule has 0 aromatic heterocycles. The molecule has 0 saturated heterocycles. The van der Waals surface area contributed by atoms with Crippen LogP contribution in [0.25, 0.3) is 0 Å². The largest absolute Gasteiger partial charge is 0.573 e.